The van der Waals surface area contributed by atoms with E-state index in [0.29, 0.717) is 17.4 Å². The third kappa shape index (κ3) is 3.22. The van der Waals surface area contributed by atoms with Crippen molar-refractivity contribution in [3.8, 4) is 11.5 Å². The third-order valence-corrected chi connectivity index (χ3v) is 6.65. The zero-order chi connectivity index (χ0) is 19.1. The van der Waals surface area contributed by atoms with Crippen LogP contribution in [0.3, 0.4) is 0 Å². The largest absolute Gasteiger partial charge is 0.508 e. The molecular formula is C22H31NO3. The molecule has 1 saturated carbocycles. The maximum Gasteiger partial charge on any atom is 0.252 e. The zero-order valence-corrected chi connectivity index (χ0v) is 16.6. The first kappa shape index (κ1) is 18.8. The number of amides is 1. The first-order valence-electron chi connectivity index (χ1n) is 9.57. The Hall–Kier alpha value is -1.97. The number of ether oxygens (including phenoxy) is 1. The van der Waals surface area contributed by atoms with Crippen LogP contribution in [0.4, 0.5) is 5.69 Å². The lowest BCUT2D eigenvalue weighted by atomic mass is 9.50. The summed E-state index contributed by atoms with van der Waals surface area (Å²) in [5.41, 5.74) is 2.88. The molecule has 1 fully saturated rings. The monoisotopic (exact) mass is 357 g/mol. The van der Waals surface area contributed by atoms with Crippen LogP contribution in [0.15, 0.2) is 29.3 Å². The van der Waals surface area contributed by atoms with Crippen LogP contribution in [0.5, 0.6) is 11.5 Å². The van der Waals surface area contributed by atoms with Gasteiger partial charge in [-0.05, 0) is 43.9 Å². The molecule has 1 aromatic carbocycles. The molecule has 0 saturated heterocycles. The number of rotatable bonds is 3. The molecule has 0 spiro atoms. The van der Waals surface area contributed by atoms with E-state index in [-0.39, 0.29) is 22.5 Å². The van der Waals surface area contributed by atoms with Gasteiger partial charge in [0.15, 0.2) is 0 Å². The summed E-state index contributed by atoms with van der Waals surface area (Å²) in [4.78, 5) is 13.3. The number of phenols is 1. The molecule has 2 unspecified atom stereocenters. The van der Waals surface area contributed by atoms with Crippen molar-refractivity contribution in [3.05, 3.63) is 29.3 Å². The Morgan fingerprint density at radius 1 is 1.23 bits per heavy atom. The van der Waals surface area contributed by atoms with Crippen molar-refractivity contribution in [2.75, 3.05) is 12.4 Å². The Bertz CT molecular complexity index is 750. The summed E-state index contributed by atoms with van der Waals surface area (Å²) in [7, 11) is 1.55. The highest BCUT2D eigenvalue weighted by molar-refractivity contribution is 6.05. The number of methoxy groups -OCH3 is 1. The molecule has 4 nitrogen and oxygen atoms in total. The van der Waals surface area contributed by atoms with Crippen LogP contribution in [-0.4, -0.2) is 18.1 Å². The van der Waals surface area contributed by atoms with E-state index in [1.165, 1.54) is 18.1 Å². The van der Waals surface area contributed by atoms with Crippen LogP contribution >= 0.6 is 0 Å². The molecule has 0 aromatic heterocycles. The van der Waals surface area contributed by atoms with Crippen LogP contribution in [0.2, 0.25) is 0 Å². The highest BCUT2D eigenvalue weighted by Crippen LogP contribution is 2.59. The fourth-order valence-electron chi connectivity index (χ4n) is 5.52. The Morgan fingerprint density at radius 2 is 1.96 bits per heavy atom. The van der Waals surface area contributed by atoms with E-state index in [1.807, 2.05) is 0 Å². The van der Waals surface area contributed by atoms with Crippen molar-refractivity contribution in [2.45, 2.75) is 59.8 Å². The Labute approximate surface area is 156 Å². The van der Waals surface area contributed by atoms with Crippen LogP contribution in [-0.2, 0) is 4.79 Å². The Morgan fingerprint density at radius 3 is 2.65 bits per heavy atom. The molecule has 142 valence electrons. The second kappa shape index (κ2) is 6.64. The minimum atomic E-state index is -0.0882. The van der Waals surface area contributed by atoms with Crippen molar-refractivity contribution in [1.82, 2.24) is 0 Å². The molecule has 1 aromatic rings. The summed E-state index contributed by atoms with van der Waals surface area (Å²) >= 11 is 0. The van der Waals surface area contributed by atoms with Gasteiger partial charge in [0.05, 0.1) is 7.11 Å². The lowest BCUT2D eigenvalue weighted by Crippen LogP contribution is -2.47. The van der Waals surface area contributed by atoms with Crippen LogP contribution in [0.25, 0.3) is 0 Å². The van der Waals surface area contributed by atoms with E-state index in [9.17, 15) is 9.90 Å². The van der Waals surface area contributed by atoms with Gasteiger partial charge < -0.3 is 15.2 Å². The number of benzene rings is 1. The summed E-state index contributed by atoms with van der Waals surface area (Å²) < 4.78 is 5.19. The number of phenolic OH excluding ortho intramolecular Hbond substituents is 1. The average molecular weight is 357 g/mol. The van der Waals surface area contributed by atoms with Gasteiger partial charge in [-0.2, -0.15) is 0 Å². The molecule has 26 heavy (non-hydrogen) atoms. The van der Waals surface area contributed by atoms with E-state index in [0.717, 1.165) is 31.3 Å². The van der Waals surface area contributed by atoms with Gasteiger partial charge in [-0.15, -0.1) is 0 Å². The summed E-state index contributed by atoms with van der Waals surface area (Å²) in [6.07, 6.45) is 5.58. The maximum atomic E-state index is 13.3. The Balaban J connectivity index is 1.94. The predicted molar refractivity (Wildman–Crippen MR) is 104 cm³/mol. The molecule has 0 bridgehead atoms. The lowest BCUT2D eigenvalue weighted by molar-refractivity contribution is -0.115. The summed E-state index contributed by atoms with van der Waals surface area (Å²) in [5.74, 6) is 1.08. The van der Waals surface area contributed by atoms with Gasteiger partial charge in [0.1, 0.15) is 11.5 Å². The van der Waals surface area contributed by atoms with Gasteiger partial charge in [-0.3, -0.25) is 4.79 Å². The summed E-state index contributed by atoms with van der Waals surface area (Å²) in [5, 5.41) is 12.9. The number of carbonyl (C=O) groups is 1. The molecule has 2 aliphatic carbocycles. The number of carbonyl (C=O) groups excluding carboxylic acids is 1. The van der Waals surface area contributed by atoms with Crippen LogP contribution in [0, 0.1) is 16.7 Å². The van der Waals surface area contributed by atoms with E-state index in [2.05, 4.69) is 33.0 Å². The van der Waals surface area contributed by atoms with Crippen molar-refractivity contribution in [3.63, 3.8) is 0 Å². The average Bonchev–Trinajstić information content (AvgIpc) is 2.52. The Kier molecular flexibility index (Phi) is 4.80. The quantitative estimate of drug-likeness (QED) is 0.773. The molecule has 0 aliphatic heterocycles. The SMILES string of the molecule is COc1cc(O)cc(NC(=O)C2=C(C)CCC3C(C)(C)CCCC23C)c1. The highest BCUT2D eigenvalue weighted by atomic mass is 16.5. The topological polar surface area (TPSA) is 58.6 Å². The maximum absolute atomic E-state index is 13.3. The minimum absolute atomic E-state index is 0.0416. The fourth-order valence-corrected chi connectivity index (χ4v) is 5.52. The molecule has 0 heterocycles. The fraction of sp³-hybridized carbons (Fsp3) is 0.591. The molecular weight excluding hydrogens is 326 g/mol. The van der Waals surface area contributed by atoms with Crippen molar-refractivity contribution in [1.29, 1.82) is 0 Å². The summed E-state index contributed by atoms with van der Waals surface area (Å²) in [6, 6.07) is 4.83. The molecule has 2 N–H and O–H groups in total. The number of aromatic hydroxyl groups is 1. The van der Waals surface area contributed by atoms with Crippen LogP contribution in [0.1, 0.15) is 59.8 Å². The number of anilines is 1. The van der Waals surface area contributed by atoms with Gasteiger partial charge in [0, 0.05) is 34.9 Å². The molecule has 4 heteroatoms. The van der Waals surface area contributed by atoms with Crippen molar-refractivity contribution < 1.29 is 14.6 Å². The minimum Gasteiger partial charge on any atom is -0.508 e. The number of allylic oxidation sites excluding steroid dienone is 1. The van der Waals surface area contributed by atoms with Gasteiger partial charge in [0.2, 0.25) is 0 Å². The second-order valence-corrected chi connectivity index (χ2v) is 8.88. The van der Waals surface area contributed by atoms with Gasteiger partial charge in [-0.25, -0.2) is 0 Å². The zero-order valence-electron chi connectivity index (χ0n) is 16.6. The van der Waals surface area contributed by atoms with Crippen molar-refractivity contribution in [2.24, 2.45) is 16.7 Å². The molecule has 1 amide bonds. The van der Waals surface area contributed by atoms with Crippen molar-refractivity contribution >= 4 is 11.6 Å². The van der Waals surface area contributed by atoms with E-state index in [4.69, 9.17) is 4.74 Å². The first-order valence-corrected chi connectivity index (χ1v) is 9.57. The van der Waals surface area contributed by atoms with Gasteiger partial charge in [0.25, 0.3) is 5.91 Å². The number of nitrogens with one attached hydrogen (secondary N) is 1. The molecule has 2 aliphatic rings. The lowest BCUT2D eigenvalue weighted by Gasteiger charge is -2.54. The van der Waals surface area contributed by atoms with E-state index < -0.39 is 0 Å². The molecule has 0 radical (unpaired) electrons. The second-order valence-electron chi connectivity index (χ2n) is 8.88. The highest BCUT2D eigenvalue weighted by Gasteiger charge is 2.51. The van der Waals surface area contributed by atoms with Gasteiger partial charge in [-0.1, -0.05) is 32.8 Å². The van der Waals surface area contributed by atoms with E-state index in [1.54, 1.807) is 19.2 Å². The standard InChI is InChI=1S/C22H31NO3/c1-14-7-8-18-21(2,3)9-6-10-22(18,4)19(14)20(25)23-15-11-16(24)13-17(12-15)26-5/h11-13,18,24H,6-10H2,1-5H3,(H,23,25). The summed E-state index contributed by atoms with van der Waals surface area (Å²) in [6.45, 7) is 9.08. The van der Waals surface area contributed by atoms with Crippen LogP contribution < -0.4 is 10.1 Å². The predicted octanol–water partition coefficient (Wildman–Crippen LogP) is 5.28. The van der Waals surface area contributed by atoms with E-state index >= 15 is 0 Å². The number of hydrogen-bond donors (Lipinski definition) is 2. The number of hydrogen-bond acceptors (Lipinski definition) is 3. The number of fused-ring (bicyclic) bond motifs is 1. The molecule has 2 atom stereocenters. The van der Waals surface area contributed by atoms with Gasteiger partial charge >= 0.3 is 0 Å². The smallest absolute Gasteiger partial charge is 0.252 e. The third-order valence-electron chi connectivity index (χ3n) is 6.65. The first-order chi connectivity index (χ1) is 12.2. The molecule has 3 rings (SSSR count). The normalized spacial score (nSPS) is 27.7.